The zero-order valence-electron chi connectivity index (χ0n) is 12.8. The normalized spacial score (nSPS) is 16.3. The van der Waals surface area contributed by atoms with Gasteiger partial charge in [-0.1, -0.05) is 35.0 Å². The molecule has 0 aromatic heterocycles. The molecule has 118 valence electrons. The Balaban J connectivity index is 2.74. The van der Waals surface area contributed by atoms with Crippen molar-refractivity contribution in [3.8, 4) is 0 Å². The molecule has 0 fully saturated rings. The van der Waals surface area contributed by atoms with Gasteiger partial charge in [-0.2, -0.15) is 0 Å². The van der Waals surface area contributed by atoms with Crippen molar-refractivity contribution in [1.29, 1.82) is 0 Å². The maximum absolute atomic E-state index is 10.7. The van der Waals surface area contributed by atoms with Crippen molar-refractivity contribution in [1.82, 2.24) is 5.32 Å². The molecule has 6 heteroatoms. The Kier molecular flexibility index (Phi) is 7.14. The number of nitrogens with two attached hydrogens (primary N) is 1. The first-order chi connectivity index (χ1) is 9.91. The van der Waals surface area contributed by atoms with E-state index in [0.717, 1.165) is 10.0 Å². The quantitative estimate of drug-likeness (QED) is 0.514. The predicted molar refractivity (Wildman–Crippen MR) is 89.3 cm³/mol. The van der Waals surface area contributed by atoms with Gasteiger partial charge in [-0.05, 0) is 31.0 Å². The molecule has 21 heavy (non-hydrogen) atoms. The van der Waals surface area contributed by atoms with Crippen LogP contribution in [0.1, 0.15) is 25.8 Å². The van der Waals surface area contributed by atoms with Crippen LogP contribution in [0.3, 0.4) is 0 Å². The van der Waals surface area contributed by atoms with Gasteiger partial charge in [-0.3, -0.25) is 4.99 Å². The number of nitrogens with one attached hydrogen (secondary N) is 1. The van der Waals surface area contributed by atoms with Gasteiger partial charge in [0.15, 0.2) is 5.96 Å². The summed E-state index contributed by atoms with van der Waals surface area (Å²) in [5, 5.41) is 13.8. The van der Waals surface area contributed by atoms with E-state index in [1.807, 2.05) is 38.1 Å². The molecule has 2 unspecified atom stereocenters. The molecule has 1 aromatic carbocycles. The molecule has 1 aromatic rings. The Morgan fingerprint density at radius 1 is 1.48 bits per heavy atom. The number of methoxy groups -OCH3 is 1. The third kappa shape index (κ3) is 5.65. The maximum atomic E-state index is 10.7. The number of hydrogen-bond donors (Lipinski definition) is 3. The summed E-state index contributed by atoms with van der Waals surface area (Å²) in [6.45, 7) is 4.63. The minimum atomic E-state index is -1.02. The molecule has 0 aliphatic carbocycles. The van der Waals surface area contributed by atoms with Gasteiger partial charge in [-0.25, -0.2) is 0 Å². The second kappa shape index (κ2) is 8.36. The molecule has 0 bridgehead atoms. The smallest absolute Gasteiger partial charge is 0.188 e. The Labute approximate surface area is 134 Å². The summed E-state index contributed by atoms with van der Waals surface area (Å²) in [7, 11) is 1.63. The molecular weight excluding hydrogens is 334 g/mol. The minimum Gasteiger partial charge on any atom is -0.383 e. The molecule has 0 spiro atoms. The number of benzene rings is 1. The van der Waals surface area contributed by atoms with Crippen LogP contribution in [0.5, 0.6) is 0 Å². The zero-order valence-corrected chi connectivity index (χ0v) is 14.4. The van der Waals surface area contributed by atoms with Gasteiger partial charge < -0.3 is 20.9 Å². The second-order valence-electron chi connectivity index (χ2n) is 5.09. The van der Waals surface area contributed by atoms with Crippen molar-refractivity contribution in [3.05, 3.63) is 34.3 Å². The van der Waals surface area contributed by atoms with Gasteiger partial charge in [-0.15, -0.1) is 0 Å². The average molecular weight is 358 g/mol. The van der Waals surface area contributed by atoms with E-state index in [9.17, 15) is 5.11 Å². The van der Waals surface area contributed by atoms with Gasteiger partial charge in [0.05, 0.1) is 13.2 Å². The predicted octanol–water partition coefficient (Wildman–Crippen LogP) is 1.99. The summed E-state index contributed by atoms with van der Waals surface area (Å²) in [6, 6.07) is 7.66. The lowest BCUT2D eigenvalue weighted by molar-refractivity contribution is 0.0423. The molecule has 4 N–H and O–H groups in total. The van der Waals surface area contributed by atoms with E-state index < -0.39 is 5.60 Å². The topological polar surface area (TPSA) is 79.9 Å². The molecular formula is C15H24BrN3O2. The highest BCUT2D eigenvalue weighted by molar-refractivity contribution is 9.10. The first-order valence-electron chi connectivity index (χ1n) is 6.95. The highest BCUT2D eigenvalue weighted by Gasteiger charge is 2.26. The van der Waals surface area contributed by atoms with Crippen LogP contribution in [0.25, 0.3) is 0 Å². The molecule has 5 nitrogen and oxygen atoms in total. The molecule has 0 saturated carbocycles. The van der Waals surface area contributed by atoms with Crippen molar-refractivity contribution in [2.45, 2.75) is 31.9 Å². The molecule has 0 radical (unpaired) electrons. The fourth-order valence-corrected chi connectivity index (χ4v) is 2.24. The third-order valence-corrected chi connectivity index (χ3v) is 3.82. The highest BCUT2D eigenvalue weighted by Crippen LogP contribution is 2.26. The Morgan fingerprint density at radius 3 is 2.62 bits per heavy atom. The fraction of sp³-hybridized carbons (Fsp3) is 0.533. The van der Waals surface area contributed by atoms with E-state index in [-0.39, 0.29) is 12.6 Å². The Bertz CT molecular complexity index is 464. The van der Waals surface area contributed by atoms with Crippen molar-refractivity contribution in [2.24, 2.45) is 10.7 Å². The fourth-order valence-electron chi connectivity index (χ4n) is 1.97. The van der Waals surface area contributed by atoms with Crippen LogP contribution >= 0.6 is 15.9 Å². The first kappa shape index (κ1) is 17.9. The van der Waals surface area contributed by atoms with E-state index in [1.165, 1.54) is 0 Å². The van der Waals surface area contributed by atoms with E-state index in [4.69, 9.17) is 10.5 Å². The molecule has 2 atom stereocenters. The summed E-state index contributed by atoms with van der Waals surface area (Å²) in [4.78, 5) is 4.25. The summed E-state index contributed by atoms with van der Waals surface area (Å²) < 4.78 is 6.00. The number of aliphatic hydroxyl groups is 1. The van der Waals surface area contributed by atoms with Crippen molar-refractivity contribution in [2.75, 3.05) is 20.3 Å². The lowest BCUT2D eigenvalue weighted by Gasteiger charge is -2.26. The van der Waals surface area contributed by atoms with Crippen LogP contribution in [0, 0.1) is 0 Å². The van der Waals surface area contributed by atoms with E-state index in [2.05, 4.69) is 26.2 Å². The number of ether oxygens (including phenoxy) is 1. The van der Waals surface area contributed by atoms with Gasteiger partial charge in [0.2, 0.25) is 0 Å². The van der Waals surface area contributed by atoms with E-state index >= 15 is 0 Å². The monoisotopic (exact) mass is 357 g/mol. The van der Waals surface area contributed by atoms with E-state index in [0.29, 0.717) is 19.0 Å². The summed E-state index contributed by atoms with van der Waals surface area (Å²) in [5.74, 6) is 0.309. The number of aliphatic imine (C=N–C) groups is 1. The van der Waals surface area contributed by atoms with Crippen LogP contribution in [-0.2, 0) is 10.3 Å². The van der Waals surface area contributed by atoms with E-state index in [1.54, 1.807) is 7.11 Å². The number of nitrogens with zero attached hydrogens (tertiary/aromatic N) is 1. The van der Waals surface area contributed by atoms with Crippen molar-refractivity contribution in [3.63, 3.8) is 0 Å². The van der Waals surface area contributed by atoms with Crippen LogP contribution in [0.2, 0.25) is 0 Å². The molecule has 0 saturated heterocycles. The number of hydrogen-bond acceptors (Lipinski definition) is 3. The van der Waals surface area contributed by atoms with Crippen LogP contribution in [0.4, 0.5) is 0 Å². The SMILES string of the molecule is CCC(O)(CN=C(N)NC(C)COC)c1ccc(Br)cc1. The van der Waals surface area contributed by atoms with Gasteiger partial charge in [0, 0.05) is 17.6 Å². The second-order valence-corrected chi connectivity index (χ2v) is 6.01. The average Bonchev–Trinajstić information content (AvgIpc) is 2.45. The first-order valence-corrected chi connectivity index (χ1v) is 7.74. The standard InChI is InChI=1S/C15H24BrN3O2/c1-4-15(20,12-5-7-13(16)8-6-12)10-18-14(17)19-11(2)9-21-3/h5-8,11,20H,4,9-10H2,1-3H3,(H3,17,18,19). The number of rotatable bonds is 7. The van der Waals surface area contributed by atoms with Crippen molar-refractivity contribution >= 4 is 21.9 Å². The molecule has 0 amide bonds. The number of halogens is 1. The minimum absolute atomic E-state index is 0.0705. The number of guanidine groups is 1. The van der Waals surface area contributed by atoms with Crippen LogP contribution < -0.4 is 11.1 Å². The third-order valence-electron chi connectivity index (χ3n) is 3.29. The lowest BCUT2D eigenvalue weighted by atomic mass is 9.91. The largest absolute Gasteiger partial charge is 0.383 e. The lowest BCUT2D eigenvalue weighted by Crippen LogP contribution is -2.41. The Hall–Kier alpha value is -1.11. The van der Waals surface area contributed by atoms with Gasteiger partial charge >= 0.3 is 0 Å². The summed E-state index contributed by atoms with van der Waals surface area (Å²) in [5.41, 5.74) is 5.65. The summed E-state index contributed by atoms with van der Waals surface area (Å²) in [6.07, 6.45) is 0.555. The highest BCUT2D eigenvalue weighted by atomic mass is 79.9. The molecule has 1 rings (SSSR count). The zero-order chi connectivity index (χ0) is 15.9. The van der Waals surface area contributed by atoms with Gasteiger partial charge in [0.25, 0.3) is 0 Å². The van der Waals surface area contributed by atoms with Gasteiger partial charge in [0.1, 0.15) is 5.60 Å². The van der Waals surface area contributed by atoms with Crippen LogP contribution in [-0.4, -0.2) is 37.4 Å². The van der Waals surface area contributed by atoms with Crippen LogP contribution in [0.15, 0.2) is 33.7 Å². The summed E-state index contributed by atoms with van der Waals surface area (Å²) >= 11 is 3.39. The molecule has 0 heterocycles. The van der Waals surface area contributed by atoms with Crippen molar-refractivity contribution < 1.29 is 9.84 Å². The maximum Gasteiger partial charge on any atom is 0.188 e. The Morgan fingerprint density at radius 2 is 2.10 bits per heavy atom. The molecule has 0 aliphatic heterocycles. The molecule has 0 aliphatic rings.